The number of nitrogens with one attached hydrogen (secondary N) is 1. The van der Waals surface area contributed by atoms with Gasteiger partial charge in [0.25, 0.3) is 0 Å². The predicted octanol–water partition coefficient (Wildman–Crippen LogP) is 4.68. The molecule has 1 saturated heterocycles. The van der Waals surface area contributed by atoms with Crippen molar-refractivity contribution in [1.82, 2.24) is 0 Å². The highest BCUT2D eigenvalue weighted by molar-refractivity contribution is 5.96. The predicted molar refractivity (Wildman–Crippen MR) is 82.8 cm³/mol. The normalized spacial score (nSPS) is 16.3. The van der Waals surface area contributed by atoms with E-state index < -0.39 is 11.7 Å². The number of carbonyl (C=O) groups is 1. The Kier molecular flexibility index (Phi) is 3.19. The maximum atomic E-state index is 12.8. The van der Waals surface area contributed by atoms with Gasteiger partial charge in [0.2, 0.25) is 5.91 Å². The number of benzene rings is 2. The summed E-state index contributed by atoms with van der Waals surface area (Å²) in [6.45, 7) is 0.671. The van der Waals surface area contributed by atoms with E-state index in [4.69, 9.17) is 4.74 Å². The number of hydrogen-bond acceptors (Lipinski definition) is 3. The molecule has 2 aliphatic rings. The van der Waals surface area contributed by atoms with E-state index in [0.29, 0.717) is 30.1 Å². The van der Waals surface area contributed by atoms with Crippen molar-refractivity contribution in [2.75, 3.05) is 16.8 Å². The summed E-state index contributed by atoms with van der Waals surface area (Å²) in [6.07, 6.45) is -3.06. The summed E-state index contributed by atoms with van der Waals surface area (Å²) in [4.78, 5) is 13.5. The van der Waals surface area contributed by atoms with Crippen LogP contribution in [-0.2, 0) is 11.0 Å². The molecule has 0 radical (unpaired) electrons. The van der Waals surface area contributed by atoms with Crippen molar-refractivity contribution in [1.29, 1.82) is 0 Å². The summed E-state index contributed by atoms with van der Waals surface area (Å²) in [5.41, 5.74) is 1.08. The number of halogens is 3. The zero-order chi connectivity index (χ0) is 16.9. The lowest BCUT2D eigenvalue weighted by atomic mass is 10.1. The Labute approximate surface area is 135 Å². The molecule has 1 amide bonds. The minimum Gasteiger partial charge on any atom is -0.453 e. The minimum absolute atomic E-state index is 0.0712. The number of hydrogen-bond donors (Lipinski definition) is 1. The zero-order valence-corrected chi connectivity index (χ0v) is 12.5. The van der Waals surface area contributed by atoms with Crippen LogP contribution in [0.3, 0.4) is 0 Å². The molecule has 0 aliphatic carbocycles. The van der Waals surface area contributed by atoms with Crippen LogP contribution in [0.1, 0.15) is 18.4 Å². The number of nitrogens with zero attached hydrogens (tertiary/aromatic N) is 1. The number of amides is 1. The summed E-state index contributed by atoms with van der Waals surface area (Å²) >= 11 is 0. The second-order valence-corrected chi connectivity index (χ2v) is 5.77. The highest BCUT2D eigenvalue weighted by Crippen LogP contribution is 2.45. The smallest absolute Gasteiger partial charge is 0.416 e. The standard InChI is InChI=1S/C17H13F3N2O2/c18-17(19,20)10-3-5-12-15(8-10)24-14-6-4-11(9-13(14)21-12)22-7-1-2-16(22)23/h3-6,8-9,21H,1-2,7H2. The van der Waals surface area contributed by atoms with Gasteiger partial charge in [0.1, 0.15) is 0 Å². The Morgan fingerprint density at radius 3 is 2.58 bits per heavy atom. The van der Waals surface area contributed by atoms with Crippen LogP contribution >= 0.6 is 0 Å². The Morgan fingerprint density at radius 2 is 1.88 bits per heavy atom. The Hall–Kier alpha value is -2.70. The number of alkyl halides is 3. The molecule has 24 heavy (non-hydrogen) atoms. The van der Waals surface area contributed by atoms with Crippen LogP contribution in [0, 0.1) is 0 Å². The highest BCUT2D eigenvalue weighted by atomic mass is 19.4. The van der Waals surface area contributed by atoms with Gasteiger partial charge in [-0.2, -0.15) is 13.2 Å². The molecule has 124 valence electrons. The van der Waals surface area contributed by atoms with Crippen LogP contribution in [0.2, 0.25) is 0 Å². The maximum Gasteiger partial charge on any atom is 0.416 e. The van der Waals surface area contributed by atoms with E-state index in [1.807, 2.05) is 0 Å². The maximum absolute atomic E-state index is 12.8. The van der Waals surface area contributed by atoms with Crippen molar-refractivity contribution in [2.24, 2.45) is 0 Å². The van der Waals surface area contributed by atoms with E-state index in [1.54, 1.807) is 23.1 Å². The van der Waals surface area contributed by atoms with E-state index in [0.717, 1.165) is 24.2 Å². The fraction of sp³-hybridized carbons (Fsp3) is 0.235. The molecule has 0 atom stereocenters. The molecular formula is C17H13F3N2O2. The molecule has 2 aromatic rings. The SMILES string of the molecule is O=C1CCCN1c1ccc2c(c1)Nc1ccc(C(F)(F)F)cc1O2. The van der Waals surface area contributed by atoms with Gasteiger partial charge in [-0.15, -0.1) is 0 Å². The van der Waals surface area contributed by atoms with E-state index in [-0.39, 0.29) is 11.7 Å². The molecule has 0 unspecified atom stereocenters. The van der Waals surface area contributed by atoms with Gasteiger partial charge in [-0.3, -0.25) is 4.79 Å². The average molecular weight is 334 g/mol. The summed E-state index contributed by atoms with van der Waals surface area (Å²) in [5.74, 6) is 0.626. The molecule has 0 bridgehead atoms. The lowest BCUT2D eigenvalue weighted by Crippen LogP contribution is -2.23. The third kappa shape index (κ3) is 2.46. The number of fused-ring (bicyclic) bond motifs is 2. The second kappa shape index (κ2) is 5.15. The first-order valence-corrected chi connectivity index (χ1v) is 7.52. The second-order valence-electron chi connectivity index (χ2n) is 5.77. The molecule has 2 heterocycles. The van der Waals surface area contributed by atoms with Gasteiger partial charge >= 0.3 is 6.18 Å². The van der Waals surface area contributed by atoms with Gasteiger partial charge in [-0.05, 0) is 42.8 Å². The van der Waals surface area contributed by atoms with Crippen molar-refractivity contribution in [2.45, 2.75) is 19.0 Å². The van der Waals surface area contributed by atoms with Gasteiger partial charge in [0, 0.05) is 18.7 Å². The quantitative estimate of drug-likeness (QED) is 0.702. The molecule has 0 aromatic heterocycles. The molecule has 2 aromatic carbocycles. The van der Waals surface area contributed by atoms with E-state index in [9.17, 15) is 18.0 Å². The molecule has 1 fully saturated rings. The molecule has 2 aliphatic heterocycles. The van der Waals surface area contributed by atoms with E-state index in [2.05, 4.69) is 5.32 Å². The summed E-state index contributed by atoms with van der Waals surface area (Å²) in [7, 11) is 0. The van der Waals surface area contributed by atoms with Crippen molar-refractivity contribution in [3.8, 4) is 11.5 Å². The largest absolute Gasteiger partial charge is 0.453 e. The lowest BCUT2D eigenvalue weighted by Gasteiger charge is -2.25. The number of anilines is 3. The first-order chi connectivity index (χ1) is 11.4. The van der Waals surface area contributed by atoms with Gasteiger partial charge < -0.3 is 15.0 Å². The topological polar surface area (TPSA) is 41.6 Å². The van der Waals surface area contributed by atoms with Gasteiger partial charge in [0.05, 0.1) is 16.9 Å². The monoisotopic (exact) mass is 334 g/mol. The van der Waals surface area contributed by atoms with E-state index in [1.165, 1.54) is 6.07 Å². The van der Waals surface area contributed by atoms with Crippen molar-refractivity contribution in [3.63, 3.8) is 0 Å². The van der Waals surface area contributed by atoms with Crippen LogP contribution in [0.15, 0.2) is 36.4 Å². The van der Waals surface area contributed by atoms with Crippen molar-refractivity contribution in [3.05, 3.63) is 42.0 Å². The third-order valence-corrected chi connectivity index (χ3v) is 4.15. The Morgan fingerprint density at radius 1 is 1.04 bits per heavy atom. The van der Waals surface area contributed by atoms with Crippen molar-refractivity contribution >= 4 is 23.0 Å². The van der Waals surface area contributed by atoms with Gasteiger partial charge in [0.15, 0.2) is 11.5 Å². The van der Waals surface area contributed by atoms with Crippen LogP contribution in [0.4, 0.5) is 30.2 Å². The van der Waals surface area contributed by atoms with Crippen LogP contribution in [0.5, 0.6) is 11.5 Å². The molecule has 4 nitrogen and oxygen atoms in total. The summed E-state index contributed by atoms with van der Waals surface area (Å²) in [6, 6.07) is 8.50. The van der Waals surface area contributed by atoms with Gasteiger partial charge in [-0.1, -0.05) is 0 Å². The summed E-state index contributed by atoms with van der Waals surface area (Å²) in [5, 5.41) is 3.07. The van der Waals surface area contributed by atoms with Crippen LogP contribution in [-0.4, -0.2) is 12.5 Å². The lowest BCUT2D eigenvalue weighted by molar-refractivity contribution is -0.137. The summed E-state index contributed by atoms with van der Waals surface area (Å²) < 4.78 is 44.0. The molecule has 7 heteroatoms. The van der Waals surface area contributed by atoms with Crippen LogP contribution in [0.25, 0.3) is 0 Å². The highest BCUT2D eigenvalue weighted by Gasteiger charge is 2.32. The first-order valence-electron chi connectivity index (χ1n) is 7.52. The number of carbonyl (C=O) groups excluding carboxylic acids is 1. The van der Waals surface area contributed by atoms with Crippen LogP contribution < -0.4 is 15.0 Å². The Bertz CT molecular complexity index is 833. The fourth-order valence-corrected chi connectivity index (χ4v) is 2.94. The third-order valence-electron chi connectivity index (χ3n) is 4.15. The molecule has 4 rings (SSSR count). The molecule has 0 saturated carbocycles. The minimum atomic E-state index is -4.42. The van der Waals surface area contributed by atoms with Crippen molar-refractivity contribution < 1.29 is 22.7 Å². The number of rotatable bonds is 1. The zero-order valence-electron chi connectivity index (χ0n) is 12.5. The average Bonchev–Trinajstić information content (AvgIpc) is 2.97. The molecule has 0 spiro atoms. The van der Waals surface area contributed by atoms with E-state index >= 15 is 0 Å². The number of ether oxygens (including phenoxy) is 1. The first kappa shape index (κ1) is 14.9. The molecule has 1 N–H and O–H groups in total. The Balaban J connectivity index is 1.66. The fourth-order valence-electron chi connectivity index (χ4n) is 2.94. The van der Waals surface area contributed by atoms with Gasteiger partial charge in [-0.25, -0.2) is 0 Å². The molecular weight excluding hydrogens is 321 g/mol.